The molecule has 0 fully saturated rings. The van der Waals surface area contributed by atoms with Crippen LogP contribution in [0.4, 0.5) is 0 Å². The van der Waals surface area contributed by atoms with E-state index in [-0.39, 0.29) is 0 Å². The lowest BCUT2D eigenvalue weighted by molar-refractivity contribution is 0.536. The molecular weight excluding hydrogens is 86.1 g/mol. The molecule has 1 heteroatoms. The maximum Gasteiger partial charge on any atom is -0.00515 e. The normalized spacial score (nSPS) is 14.1. The van der Waals surface area contributed by atoms with E-state index in [1.165, 1.54) is 12.8 Å². The predicted octanol–water partition coefficient (Wildman–Crippen LogP) is 1.38. The molecule has 7 heavy (non-hydrogen) atoms. The number of nitrogens with two attached hydrogens (primary N) is 1. The Bertz CT molecular complexity index is 35.2. The fourth-order valence-electron chi connectivity index (χ4n) is 0.611. The number of hydrogen-bond donors (Lipinski definition) is 1. The molecule has 0 aromatic heterocycles. The van der Waals surface area contributed by atoms with E-state index in [4.69, 9.17) is 5.73 Å². The summed E-state index contributed by atoms with van der Waals surface area (Å²) in [5.41, 5.74) is 5.36. The van der Waals surface area contributed by atoms with Gasteiger partial charge in [-0.05, 0) is 18.9 Å². The Balaban J connectivity index is 2.83. The van der Waals surface area contributed by atoms with Crippen LogP contribution in [0.15, 0.2) is 0 Å². The molecular formula is C6H15N. The molecule has 0 saturated carbocycles. The van der Waals surface area contributed by atoms with Crippen molar-refractivity contribution in [3.63, 3.8) is 0 Å². The SMILES string of the molecule is CCC[C@@H](C)CN. The van der Waals surface area contributed by atoms with Gasteiger partial charge in [0.25, 0.3) is 0 Å². The van der Waals surface area contributed by atoms with Crippen molar-refractivity contribution in [2.45, 2.75) is 26.7 Å². The second kappa shape index (κ2) is 4.13. The van der Waals surface area contributed by atoms with Gasteiger partial charge in [-0.2, -0.15) is 0 Å². The van der Waals surface area contributed by atoms with Crippen molar-refractivity contribution in [2.24, 2.45) is 11.7 Å². The molecule has 0 amide bonds. The van der Waals surface area contributed by atoms with Gasteiger partial charge in [0.05, 0.1) is 0 Å². The molecule has 0 bridgehead atoms. The van der Waals surface area contributed by atoms with Crippen molar-refractivity contribution < 1.29 is 0 Å². The Morgan fingerprint density at radius 1 is 1.57 bits per heavy atom. The lowest BCUT2D eigenvalue weighted by Gasteiger charge is -2.02. The largest absolute Gasteiger partial charge is 0.330 e. The highest BCUT2D eigenvalue weighted by Crippen LogP contribution is 2.00. The molecule has 0 radical (unpaired) electrons. The van der Waals surface area contributed by atoms with Gasteiger partial charge in [-0.3, -0.25) is 0 Å². The molecule has 0 rings (SSSR count). The summed E-state index contributed by atoms with van der Waals surface area (Å²) in [5, 5.41) is 0. The molecule has 0 spiro atoms. The summed E-state index contributed by atoms with van der Waals surface area (Å²) in [4.78, 5) is 0. The number of hydrogen-bond acceptors (Lipinski definition) is 1. The van der Waals surface area contributed by atoms with Crippen molar-refractivity contribution in [3.8, 4) is 0 Å². The van der Waals surface area contributed by atoms with E-state index >= 15 is 0 Å². The highest BCUT2D eigenvalue weighted by Gasteiger charge is 1.92. The molecule has 0 aromatic rings. The summed E-state index contributed by atoms with van der Waals surface area (Å²) >= 11 is 0. The second-order valence-corrected chi connectivity index (χ2v) is 2.13. The topological polar surface area (TPSA) is 26.0 Å². The summed E-state index contributed by atoms with van der Waals surface area (Å²) < 4.78 is 0. The van der Waals surface area contributed by atoms with Gasteiger partial charge < -0.3 is 5.73 Å². The molecule has 0 unspecified atom stereocenters. The Morgan fingerprint density at radius 3 is 2.29 bits per heavy atom. The van der Waals surface area contributed by atoms with Gasteiger partial charge >= 0.3 is 0 Å². The van der Waals surface area contributed by atoms with Crippen molar-refractivity contribution >= 4 is 0 Å². The first-order chi connectivity index (χ1) is 3.31. The zero-order valence-electron chi connectivity index (χ0n) is 5.28. The van der Waals surface area contributed by atoms with Crippen LogP contribution < -0.4 is 5.73 Å². The minimum Gasteiger partial charge on any atom is -0.330 e. The van der Waals surface area contributed by atoms with Gasteiger partial charge in [0.15, 0.2) is 0 Å². The summed E-state index contributed by atoms with van der Waals surface area (Å²) in [6.45, 7) is 5.21. The molecule has 0 aliphatic rings. The van der Waals surface area contributed by atoms with Crippen LogP contribution in [0.1, 0.15) is 26.7 Å². The van der Waals surface area contributed by atoms with Crippen molar-refractivity contribution in [1.82, 2.24) is 0 Å². The Morgan fingerprint density at radius 2 is 2.14 bits per heavy atom. The average molecular weight is 101 g/mol. The Hall–Kier alpha value is -0.0400. The molecule has 0 saturated heterocycles. The molecule has 0 aliphatic carbocycles. The van der Waals surface area contributed by atoms with Gasteiger partial charge in [-0.1, -0.05) is 20.3 Å². The summed E-state index contributed by atoms with van der Waals surface area (Å²) in [6.07, 6.45) is 2.54. The van der Waals surface area contributed by atoms with E-state index in [0.29, 0.717) is 0 Å². The molecule has 0 aromatic carbocycles. The minimum atomic E-state index is 0.727. The van der Waals surface area contributed by atoms with E-state index in [9.17, 15) is 0 Å². The lowest BCUT2D eigenvalue weighted by Crippen LogP contribution is -2.09. The van der Waals surface area contributed by atoms with Crippen LogP contribution in [-0.4, -0.2) is 6.54 Å². The standard InChI is InChI=1S/C6H15N/c1-3-4-6(2)5-7/h6H,3-5,7H2,1-2H3/t6-/m1/s1. The smallest absolute Gasteiger partial charge is 0.00515 e. The maximum atomic E-state index is 5.36. The van der Waals surface area contributed by atoms with E-state index < -0.39 is 0 Å². The third-order valence-corrected chi connectivity index (χ3v) is 1.18. The van der Waals surface area contributed by atoms with E-state index in [0.717, 1.165) is 12.5 Å². The van der Waals surface area contributed by atoms with Crippen LogP contribution in [0.25, 0.3) is 0 Å². The van der Waals surface area contributed by atoms with Crippen LogP contribution in [-0.2, 0) is 0 Å². The molecule has 0 heterocycles. The van der Waals surface area contributed by atoms with Gasteiger partial charge in [0.2, 0.25) is 0 Å². The van der Waals surface area contributed by atoms with Gasteiger partial charge in [-0.25, -0.2) is 0 Å². The van der Waals surface area contributed by atoms with Crippen LogP contribution in [0, 0.1) is 5.92 Å². The lowest BCUT2D eigenvalue weighted by atomic mass is 10.1. The molecule has 2 N–H and O–H groups in total. The molecule has 1 atom stereocenters. The third-order valence-electron chi connectivity index (χ3n) is 1.18. The fourth-order valence-corrected chi connectivity index (χ4v) is 0.611. The second-order valence-electron chi connectivity index (χ2n) is 2.13. The molecule has 0 aliphatic heterocycles. The van der Waals surface area contributed by atoms with E-state index in [1.807, 2.05) is 0 Å². The van der Waals surface area contributed by atoms with Gasteiger partial charge in [0, 0.05) is 0 Å². The van der Waals surface area contributed by atoms with Crippen LogP contribution in [0.3, 0.4) is 0 Å². The first kappa shape index (κ1) is 6.96. The number of rotatable bonds is 3. The Labute approximate surface area is 45.9 Å². The highest BCUT2D eigenvalue weighted by atomic mass is 14.5. The zero-order valence-corrected chi connectivity index (χ0v) is 5.28. The van der Waals surface area contributed by atoms with E-state index in [1.54, 1.807) is 0 Å². The average Bonchev–Trinajstić information content (AvgIpc) is 1.68. The minimum absolute atomic E-state index is 0.727. The first-order valence-electron chi connectivity index (χ1n) is 3.01. The molecule has 44 valence electrons. The van der Waals surface area contributed by atoms with Crippen molar-refractivity contribution in [1.29, 1.82) is 0 Å². The summed E-state index contributed by atoms with van der Waals surface area (Å²) in [7, 11) is 0. The quantitative estimate of drug-likeness (QED) is 0.571. The van der Waals surface area contributed by atoms with E-state index in [2.05, 4.69) is 13.8 Å². The van der Waals surface area contributed by atoms with Crippen LogP contribution in [0.2, 0.25) is 0 Å². The Kier molecular flexibility index (Phi) is 4.10. The third kappa shape index (κ3) is 3.80. The van der Waals surface area contributed by atoms with Gasteiger partial charge in [-0.15, -0.1) is 0 Å². The van der Waals surface area contributed by atoms with Gasteiger partial charge in [0.1, 0.15) is 0 Å². The summed E-state index contributed by atoms with van der Waals surface area (Å²) in [5.74, 6) is 0.727. The zero-order chi connectivity index (χ0) is 5.70. The highest BCUT2D eigenvalue weighted by molar-refractivity contribution is 4.49. The van der Waals surface area contributed by atoms with Crippen LogP contribution in [0.5, 0.6) is 0 Å². The first-order valence-corrected chi connectivity index (χ1v) is 3.01. The van der Waals surface area contributed by atoms with Crippen LogP contribution >= 0.6 is 0 Å². The maximum absolute atomic E-state index is 5.36. The summed E-state index contributed by atoms with van der Waals surface area (Å²) in [6, 6.07) is 0. The van der Waals surface area contributed by atoms with Crippen molar-refractivity contribution in [3.05, 3.63) is 0 Å². The fraction of sp³-hybridized carbons (Fsp3) is 1.00. The monoisotopic (exact) mass is 101 g/mol. The van der Waals surface area contributed by atoms with Crippen molar-refractivity contribution in [2.75, 3.05) is 6.54 Å². The molecule has 1 nitrogen and oxygen atoms in total. The predicted molar refractivity (Wildman–Crippen MR) is 33.1 cm³/mol.